The third-order valence-corrected chi connectivity index (χ3v) is 5.84. The lowest BCUT2D eigenvalue weighted by Gasteiger charge is -2.34. The van der Waals surface area contributed by atoms with Gasteiger partial charge < -0.3 is 5.32 Å². The summed E-state index contributed by atoms with van der Waals surface area (Å²) >= 11 is 0. The number of likely N-dealkylation sites (tertiary alicyclic amines) is 2. The molecule has 0 aromatic heterocycles. The third kappa shape index (κ3) is 5.31. The number of rotatable bonds is 7. The van der Waals surface area contributed by atoms with E-state index in [9.17, 15) is 4.79 Å². The number of carbonyl (C=O) groups excluding carboxylic acids is 1. The second-order valence-electron chi connectivity index (χ2n) is 7.87. The summed E-state index contributed by atoms with van der Waals surface area (Å²) < 4.78 is 0. The van der Waals surface area contributed by atoms with Crippen LogP contribution in [0.3, 0.4) is 0 Å². The van der Waals surface area contributed by atoms with Crippen LogP contribution in [0.1, 0.15) is 63.0 Å². The maximum absolute atomic E-state index is 12.8. The summed E-state index contributed by atoms with van der Waals surface area (Å²) in [6.07, 6.45) is 8.50. The maximum Gasteiger partial charge on any atom is 0.237 e. The molecule has 0 aliphatic carbocycles. The summed E-state index contributed by atoms with van der Waals surface area (Å²) in [6.45, 7) is 8.36. The van der Waals surface area contributed by atoms with E-state index in [1.165, 1.54) is 56.3 Å². The summed E-state index contributed by atoms with van der Waals surface area (Å²) in [4.78, 5) is 17.7. The van der Waals surface area contributed by atoms with E-state index in [4.69, 9.17) is 0 Å². The highest BCUT2D eigenvalue weighted by atomic mass is 16.2. The second-order valence-corrected chi connectivity index (χ2v) is 7.87. The summed E-state index contributed by atoms with van der Waals surface area (Å²) in [5.74, 6) is 0.214. The van der Waals surface area contributed by atoms with Gasteiger partial charge >= 0.3 is 0 Å². The van der Waals surface area contributed by atoms with E-state index < -0.39 is 0 Å². The van der Waals surface area contributed by atoms with Gasteiger partial charge in [-0.3, -0.25) is 14.6 Å². The molecule has 0 bridgehead atoms. The molecule has 0 spiro atoms. The van der Waals surface area contributed by atoms with Gasteiger partial charge in [-0.05, 0) is 69.4 Å². The van der Waals surface area contributed by atoms with E-state index in [1.807, 2.05) is 0 Å². The molecule has 1 N–H and O–H groups in total. The SMILES string of the molecule is CCCN1CCCCC1C(=O)NCc1ccccc1CN1CCCCC1. The number of benzene rings is 1. The minimum Gasteiger partial charge on any atom is -0.351 e. The van der Waals surface area contributed by atoms with Crippen LogP contribution >= 0.6 is 0 Å². The van der Waals surface area contributed by atoms with E-state index in [0.29, 0.717) is 6.54 Å². The Balaban J connectivity index is 1.57. The summed E-state index contributed by atoms with van der Waals surface area (Å²) in [5.41, 5.74) is 2.63. The Morgan fingerprint density at radius 3 is 2.54 bits per heavy atom. The normalized spacial score (nSPS) is 22.3. The van der Waals surface area contributed by atoms with Gasteiger partial charge in [0, 0.05) is 13.1 Å². The van der Waals surface area contributed by atoms with Gasteiger partial charge in [-0.15, -0.1) is 0 Å². The fourth-order valence-corrected chi connectivity index (χ4v) is 4.39. The van der Waals surface area contributed by atoms with Crippen LogP contribution in [-0.2, 0) is 17.9 Å². The Kier molecular flexibility index (Phi) is 7.51. The molecule has 1 atom stereocenters. The van der Waals surface area contributed by atoms with Crippen LogP contribution in [0.4, 0.5) is 0 Å². The predicted molar refractivity (Wildman–Crippen MR) is 107 cm³/mol. The largest absolute Gasteiger partial charge is 0.351 e. The number of piperidine rings is 2. The zero-order valence-corrected chi connectivity index (χ0v) is 16.4. The number of nitrogens with zero attached hydrogens (tertiary/aromatic N) is 2. The van der Waals surface area contributed by atoms with Crippen LogP contribution in [0, 0.1) is 0 Å². The lowest BCUT2D eigenvalue weighted by molar-refractivity contribution is -0.127. The van der Waals surface area contributed by atoms with E-state index in [2.05, 4.69) is 46.3 Å². The highest BCUT2D eigenvalue weighted by molar-refractivity contribution is 5.81. The second kappa shape index (κ2) is 10.1. The molecule has 1 aromatic carbocycles. The average Bonchev–Trinajstić information content (AvgIpc) is 2.68. The molecule has 1 aromatic rings. The molecular formula is C22H35N3O. The fraction of sp³-hybridized carbons (Fsp3) is 0.682. The highest BCUT2D eigenvalue weighted by Crippen LogP contribution is 2.19. The number of hydrogen-bond donors (Lipinski definition) is 1. The number of hydrogen-bond acceptors (Lipinski definition) is 3. The van der Waals surface area contributed by atoms with Crippen LogP contribution < -0.4 is 5.32 Å². The van der Waals surface area contributed by atoms with E-state index in [1.54, 1.807) is 0 Å². The molecular weight excluding hydrogens is 322 g/mol. The van der Waals surface area contributed by atoms with Gasteiger partial charge in [0.15, 0.2) is 0 Å². The van der Waals surface area contributed by atoms with E-state index >= 15 is 0 Å². The molecule has 1 unspecified atom stereocenters. The minimum absolute atomic E-state index is 0.0676. The van der Waals surface area contributed by atoms with Gasteiger partial charge in [0.25, 0.3) is 0 Å². The lowest BCUT2D eigenvalue weighted by atomic mass is 10.0. The molecule has 2 aliphatic rings. The fourth-order valence-electron chi connectivity index (χ4n) is 4.39. The van der Waals surface area contributed by atoms with Gasteiger partial charge in [0.1, 0.15) is 0 Å². The molecule has 2 saturated heterocycles. The third-order valence-electron chi connectivity index (χ3n) is 5.84. The molecule has 144 valence electrons. The quantitative estimate of drug-likeness (QED) is 0.810. The Hall–Kier alpha value is -1.39. The molecule has 4 heteroatoms. The zero-order valence-electron chi connectivity index (χ0n) is 16.4. The lowest BCUT2D eigenvalue weighted by Crippen LogP contribution is -2.49. The van der Waals surface area contributed by atoms with Gasteiger partial charge in [0.2, 0.25) is 5.91 Å². The van der Waals surface area contributed by atoms with Crippen LogP contribution in [0.15, 0.2) is 24.3 Å². The topological polar surface area (TPSA) is 35.6 Å². The first kappa shape index (κ1) is 19.4. The Labute approximate surface area is 158 Å². The summed E-state index contributed by atoms with van der Waals surface area (Å²) in [6, 6.07) is 8.67. The number of carbonyl (C=O) groups is 1. The zero-order chi connectivity index (χ0) is 18.2. The number of nitrogens with one attached hydrogen (secondary N) is 1. The van der Waals surface area contributed by atoms with Crippen molar-refractivity contribution in [1.82, 2.24) is 15.1 Å². The molecule has 2 heterocycles. The monoisotopic (exact) mass is 357 g/mol. The van der Waals surface area contributed by atoms with Crippen molar-refractivity contribution in [2.45, 2.75) is 71.0 Å². The first-order chi connectivity index (χ1) is 12.8. The highest BCUT2D eigenvalue weighted by Gasteiger charge is 2.27. The molecule has 2 fully saturated rings. The van der Waals surface area contributed by atoms with Crippen molar-refractivity contribution in [3.63, 3.8) is 0 Å². The minimum atomic E-state index is 0.0676. The smallest absolute Gasteiger partial charge is 0.237 e. The van der Waals surface area contributed by atoms with Crippen LogP contribution in [0.5, 0.6) is 0 Å². The van der Waals surface area contributed by atoms with Crippen molar-refractivity contribution in [3.05, 3.63) is 35.4 Å². The van der Waals surface area contributed by atoms with Gasteiger partial charge in [-0.25, -0.2) is 0 Å². The predicted octanol–water partition coefficient (Wildman–Crippen LogP) is 3.55. The molecule has 2 aliphatic heterocycles. The van der Waals surface area contributed by atoms with Crippen LogP contribution in [0.25, 0.3) is 0 Å². The summed E-state index contributed by atoms with van der Waals surface area (Å²) in [7, 11) is 0. The molecule has 0 radical (unpaired) electrons. The summed E-state index contributed by atoms with van der Waals surface area (Å²) in [5, 5.41) is 3.24. The molecule has 0 saturated carbocycles. The first-order valence-corrected chi connectivity index (χ1v) is 10.6. The van der Waals surface area contributed by atoms with Crippen molar-refractivity contribution < 1.29 is 4.79 Å². The van der Waals surface area contributed by atoms with Crippen molar-refractivity contribution in [2.75, 3.05) is 26.2 Å². The van der Waals surface area contributed by atoms with Crippen LogP contribution in [0.2, 0.25) is 0 Å². The maximum atomic E-state index is 12.8. The van der Waals surface area contributed by atoms with Gasteiger partial charge in [-0.1, -0.05) is 44.0 Å². The first-order valence-electron chi connectivity index (χ1n) is 10.6. The van der Waals surface area contributed by atoms with E-state index in [0.717, 1.165) is 32.5 Å². The Morgan fingerprint density at radius 2 is 1.77 bits per heavy atom. The van der Waals surface area contributed by atoms with Crippen molar-refractivity contribution >= 4 is 5.91 Å². The molecule has 4 nitrogen and oxygen atoms in total. The standard InChI is InChI=1S/C22H35N3O/c1-2-13-25-16-9-6-12-21(25)22(26)23-17-19-10-4-5-11-20(19)18-24-14-7-3-8-15-24/h4-5,10-11,21H,2-3,6-9,12-18H2,1H3,(H,23,26). The molecule has 1 amide bonds. The molecule has 3 rings (SSSR count). The Morgan fingerprint density at radius 1 is 1.04 bits per heavy atom. The molecule has 26 heavy (non-hydrogen) atoms. The van der Waals surface area contributed by atoms with Crippen molar-refractivity contribution in [1.29, 1.82) is 0 Å². The van der Waals surface area contributed by atoms with Crippen LogP contribution in [-0.4, -0.2) is 47.9 Å². The van der Waals surface area contributed by atoms with Crippen molar-refractivity contribution in [3.8, 4) is 0 Å². The van der Waals surface area contributed by atoms with E-state index in [-0.39, 0.29) is 11.9 Å². The number of amides is 1. The average molecular weight is 358 g/mol. The van der Waals surface area contributed by atoms with Crippen molar-refractivity contribution in [2.24, 2.45) is 0 Å². The van der Waals surface area contributed by atoms with Gasteiger partial charge in [0.05, 0.1) is 6.04 Å². The Bertz CT molecular complexity index is 566. The van der Waals surface area contributed by atoms with Gasteiger partial charge in [-0.2, -0.15) is 0 Å².